The van der Waals surface area contributed by atoms with Gasteiger partial charge < -0.3 is 9.64 Å². The monoisotopic (exact) mass is 506 g/mol. The molecule has 5 heterocycles. The molecule has 2 aromatic carbocycles. The predicted octanol–water partition coefficient (Wildman–Crippen LogP) is 5.17. The number of nitrogens with zero attached hydrogens (tertiary/aromatic N) is 6. The first-order valence-electron chi connectivity index (χ1n) is 12.8. The van der Waals surface area contributed by atoms with Crippen molar-refractivity contribution in [1.29, 1.82) is 0 Å². The molecule has 38 heavy (non-hydrogen) atoms. The Bertz CT molecular complexity index is 1630. The highest BCUT2D eigenvalue weighted by Crippen LogP contribution is 2.38. The van der Waals surface area contributed by atoms with Crippen LogP contribution >= 0.6 is 0 Å². The van der Waals surface area contributed by atoms with Gasteiger partial charge in [0, 0.05) is 60.6 Å². The summed E-state index contributed by atoms with van der Waals surface area (Å²) in [7, 11) is 3.69. The lowest BCUT2D eigenvalue weighted by Gasteiger charge is -2.33. The van der Waals surface area contributed by atoms with E-state index in [-0.39, 0.29) is 5.75 Å². The average molecular weight is 507 g/mol. The van der Waals surface area contributed by atoms with E-state index in [1.165, 1.54) is 25.3 Å². The molecule has 0 amide bonds. The number of hydrogen-bond donors (Lipinski definition) is 0. The first-order chi connectivity index (χ1) is 18.6. The lowest BCUT2D eigenvalue weighted by atomic mass is 10.0. The van der Waals surface area contributed by atoms with Crippen LogP contribution in [0.4, 0.5) is 10.1 Å². The Balaban J connectivity index is 1.35. The van der Waals surface area contributed by atoms with Crippen molar-refractivity contribution in [2.45, 2.75) is 18.5 Å². The summed E-state index contributed by atoms with van der Waals surface area (Å²) >= 11 is 0. The van der Waals surface area contributed by atoms with Crippen LogP contribution in [-0.2, 0) is 0 Å². The third-order valence-electron chi connectivity index (χ3n) is 7.92. The molecule has 3 aromatic heterocycles. The maximum absolute atomic E-state index is 14.3. The van der Waals surface area contributed by atoms with Crippen molar-refractivity contribution in [2.75, 3.05) is 32.1 Å². The van der Waals surface area contributed by atoms with Crippen LogP contribution in [0.5, 0.6) is 5.75 Å². The molecule has 0 aliphatic carbocycles. The molecule has 2 saturated heterocycles. The number of fused-ring (bicyclic) bond motifs is 3. The van der Waals surface area contributed by atoms with Crippen molar-refractivity contribution >= 4 is 11.3 Å². The number of anilines is 1. The third kappa shape index (κ3) is 3.63. The van der Waals surface area contributed by atoms with Gasteiger partial charge in [-0.05, 0) is 61.5 Å². The van der Waals surface area contributed by atoms with Crippen LogP contribution in [0.1, 0.15) is 6.42 Å². The molecule has 2 bridgehead atoms. The van der Waals surface area contributed by atoms with Gasteiger partial charge in [0.15, 0.2) is 17.2 Å². The minimum Gasteiger partial charge on any atom is -0.494 e. The average Bonchev–Trinajstić information content (AvgIpc) is 3.66. The second-order valence-electron chi connectivity index (χ2n) is 10.1. The zero-order valence-corrected chi connectivity index (χ0v) is 21.3. The fourth-order valence-corrected chi connectivity index (χ4v) is 5.96. The number of likely N-dealkylation sites (N-methyl/N-ethyl adjacent to an activating group) is 1. The second kappa shape index (κ2) is 8.92. The van der Waals surface area contributed by atoms with Crippen LogP contribution in [0, 0.1) is 5.82 Å². The summed E-state index contributed by atoms with van der Waals surface area (Å²) in [5, 5.41) is 5.03. The quantitative estimate of drug-likeness (QED) is 0.328. The Labute approximate surface area is 220 Å². The number of ether oxygens (including phenoxy) is 1. The van der Waals surface area contributed by atoms with E-state index >= 15 is 0 Å². The van der Waals surface area contributed by atoms with Crippen molar-refractivity contribution in [3.63, 3.8) is 0 Å². The Morgan fingerprint density at radius 1 is 0.868 bits per heavy atom. The van der Waals surface area contributed by atoms with Crippen LogP contribution in [0.15, 0.2) is 79.3 Å². The Morgan fingerprint density at radius 3 is 2.37 bits per heavy atom. The number of benzene rings is 2. The van der Waals surface area contributed by atoms with Gasteiger partial charge in [0.05, 0.1) is 18.4 Å². The zero-order chi connectivity index (χ0) is 25.8. The summed E-state index contributed by atoms with van der Waals surface area (Å²) in [4.78, 5) is 13.9. The summed E-state index contributed by atoms with van der Waals surface area (Å²) in [5.41, 5.74) is 7.16. The van der Waals surface area contributed by atoms with Crippen molar-refractivity contribution in [3.05, 3.63) is 85.1 Å². The number of rotatable bonds is 5. The van der Waals surface area contributed by atoms with Crippen LogP contribution in [0.3, 0.4) is 0 Å². The molecule has 2 aliphatic heterocycles. The SMILES string of the molecule is COc1cc(-c2c(-c3ccncc3)nn3c(-c4ccc(N5C[C@@H]6CC5CN6C)cc4)ccnc23)ccc1F. The molecule has 2 fully saturated rings. The molecule has 5 aromatic rings. The number of halogens is 1. The van der Waals surface area contributed by atoms with E-state index in [1.807, 2.05) is 22.7 Å². The molecule has 7 rings (SSSR count). The van der Waals surface area contributed by atoms with Gasteiger partial charge in [-0.2, -0.15) is 5.10 Å². The maximum atomic E-state index is 14.3. The van der Waals surface area contributed by atoms with Crippen LogP contribution in [0.2, 0.25) is 0 Å². The third-order valence-corrected chi connectivity index (χ3v) is 7.92. The van der Waals surface area contributed by atoms with Gasteiger partial charge in [0.2, 0.25) is 0 Å². The molecule has 7 nitrogen and oxygen atoms in total. The minimum atomic E-state index is -0.412. The van der Waals surface area contributed by atoms with Crippen molar-refractivity contribution < 1.29 is 9.13 Å². The number of hydrogen-bond acceptors (Lipinski definition) is 6. The van der Waals surface area contributed by atoms with Crippen LogP contribution in [0.25, 0.3) is 39.3 Å². The highest BCUT2D eigenvalue weighted by molar-refractivity contribution is 5.91. The maximum Gasteiger partial charge on any atom is 0.165 e. The van der Waals surface area contributed by atoms with Crippen LogP contribution in [-0.4, -0.2) is 63.8 Å². The predicted molar refractivity (Wildman–Crippen MR) is 146 cm³/mol. The summed E-state index contributed by atoms with van der Waals surface area (Å²) in [5.74, 6) is -0.235. The van der Waals surface area contributed by atoms with Gasteiger partial charge in [-0.3, -0.25) is 9.88 Å². The molecular formula is C30H27FN6O. The lowest BCUT2D eigenvalue weighted by Crippen LogP contribution is -2.44. The molecular weight excluding hydrogens is 479 g/mol. The molecule has 0 N–H and O–H groups in total. The van der Waals surface area contributed by atoms with Gasteiger partial charge in [0.1, 0.15) is 5.69 Å². The van der Waals surface area contributed by atoms with Crippen molar-refractivity contribution in [2.24, 2.45) is 0 Å². The Hall–Kier alpha value is -4.30. The summed E-state index contributed by atoms with van der Waals surface area (Å²) < 4.78 is 21.4. The van der Waals surface area contributed by atoms with E-state index in [0.717, 1.165) is 46.7 Å². The van der Waals surface area contributed by atoms with Gasteiger partial charge >= 0.3 is 0 Å². The van der Waals surface area contributed by atoms with E-state index < -0.39 is 5.82 Å². The molecule has 1 unspecified atom stereocenters. The van der Waals surface area contributed by atoms with Gasteiger partial charge in [-0.15, -0.1) is 0 Å². The van der Waals surface area contributed by atoms with Gasteiger partial charge in [-0.25, -0.2) is 13.9 Å². The summed E-state index contributed by atoms with van der Waals surface area (Å²) in [6.45, 7) is 2.21. The van der Waals surface area contributed by atoms with Crippen LogP contribution < -0.4 is 9.64 Å². The first kappa shape index (κ1) is 22.9. The van der Waals surface area contributed by atoms with Gasteiger partial charge in [0.25, 0.3) is 0 Å². The van der Waals surface area contributed by atoms with E-state index in [2.05, 4.69) is 46.1 Å². The zero-order valence-electron chi connectivity index (χ0n) is 21.3. The Morgan fingerprint density at radius 2 is 1.66 bits per heavy atom. The fourth-order valence-electron chi connectivity index (χ4n) is 5.96. The van der Waals surface area contributed by atoms with Crippen molar-refractivity contribution in [1.82, 2.24) is 24.5 Å². The number of methoxy groups -OCH3 is 1. The van der Waals surface area contributed by atoms with Crippen molar-refractivity contribution in [3.8, 4) is 39.4 Å². The van der Waals surface area contributed by atoms with E-state index in [1.54, 1.807) is 30.7 Å². The second-order valence-corrected chi connectivity index (χ2v) is 10.1. The lowest BCUT2D eigenvalue weighted by molar-refractivity contribution is 0.292. The largest absolute Gasteiger partial charge is 0.494 e. The van der Waals surface area contributed by atoms with E-state index in [4.69, 9.17) is 14.8 Å². The highest BCUT2D eigenvalue weighted by Gasteiger charge is 2.41. The van der Waals surface area contributed by atoms with Gasteiger partial charge in [-0.1, -0.05) is 18.2 Å². The number of aromatic nitrogens is 4. The first-order valence-corrected chi connectivity index (χ1v) is 12.8. The summed E-state index contributed by atoms with van der Waals surface area (Å²) in [6.07, 6.45) is 6.52. The van der Waals surface area contributed by atoms with E-state index in [0.29, 0.717) is 17.7 Å². The Kier molecular flexibility index (Phi) is 5.37. The standard InChI is InChI=1S/C30H27FN6O/c1-35-17-24-16-23(35)18-36(24)22-6-3-19(4-7-22)26-11-14-33-30-28(21-5-8-25(31)27(15-21)38-2)29(34-37(26)30)20-9-12-32-13-10-20/h3-15,23-24H,16-18H2,1-2H3/t23-,24?/m0/s1. The van der Waals surface area contributed by atoms with E-state index in [9.17, 15) is 4.39 Å². The molecule has 190 valence electrons. The molecule has 0 radical (unpaired) electrons. The number of piperazine rings is 1. The number of likely N-dealkylation sites (tertiary alicyclic amines) is 1. The molecule has 2 atom stereocenters. The number of pyridine rings is 1. The fraction of sp³-hybridized carbons (Fsp3) is 0.233. The molecule has 8 heteroatoms. The summed E-state index contributed by atoms with van der Waals surface area (Å²) in [6, 6.07) is 20.7. The smallest absolute Gasteiger partial charge is 0.165 e. The molecule has 2 aliphatic rings. The normalized spacial score (nSPS) is 19.0. The molecule has 0 saturated carbocycles. The topological polar surface area (TPSA) is 58.8 Å². The molecule has 0 spiro atoms. The highest BCUT2D eigenvalue weighted by atomic mass is 19.1. The minimum absolute atomic E-state index is 0.177.